The normalized spacial score (nSPS) is 28.1. The van der Waals surface area contributed by atoms with E-state index in [4.69, 9.17) is 13.0 Å². The SMILES string of the molecule is [2H]C([2H])([2H])C(CCCCCC)(c1cc(O)c2c(c1)OC(C)(C)[C@@H]1CC=C(C)C[C@@H]21)C([2H])([2H])[2H]. The number of allylic oxidation sites excluding steroid dienone is 2. The summed E-state index contributed by atoms with van der Waals surface area (Å²) in [5, 5.41) is 11.2. The van der Waals surface area contributed by atoms with Gasteiger partial charge >= 0.3 is 0 Å². The van der Waals surface area contributed by atoms with E-state index in [1.807, 2.05) is 13.8 Å². The monoisotopic (exact) mass is 376 g/mol. The summed E-state index contributed by atoms with van der Waals surface area (Å²) in [7, 11) is 0. The Morgan fingerprint density at radius 3 is 2.74 bits per heavy atom. The van der Waals surface area contributed by atoms with Crippen molar-refractivity contribution in [1.82, 2.24) is 0 Å². The lowest BCUT2D eigenvalue weighted by molar-refractivity contribution is 0.00741. The minimum absolute atomic E-state index is 0.00445. The summed E-state index contributed by atoms with van der Waals surface area (Å²) >= 11 is 0. The first kappa shape index (κ1) is 13.7. The van der Waals surface area contributed by atoms with Crippen LogP contribution in [0.5, 0.6) is 11.5 Å². The molecule has 2 atom stereocenters. The first-order chi connectivity index (χ1) is 15.2. The maximum Gasteiger partial charge on any atom is 0.127 e. The van der Waals surface area contributed by atoms with Crippen molar-refractivity contribution in [3.63, 3.8) is 0 Å². The molecule has 0 amide bonds. The summed E-state index contributed by atoms with van der Waals surface area (Å²) in [4.78, 5) is 0. The molecule has 1 aliphatic carbocycles. The Balaban J connectivity index is 2.18. The van der Waals surface area contributed by atoms with Crippen LogP contribution in [0, 0.1) is 5.92 Å². The Labute approximate surface area is 174 Å². The highest BCUT2D eigenvalue weighted by atomic mass is 16.5. The Morgan fingerprint density at radius 2 is 2.04 bits per heavy atom. The molecule has 1 aliphatic heterocycles. The van der Waals surface area contributed by atoms with Crippen molar-refractivity contribution in [2.45, 2.75) is 103 Å². The second-order valence-electron chi connectivity index (χ2n) is 9.03. The van der Waals surface area contributed by atoms with Gasteiger partial charge in [-0.05, 0) is 63.1 Å². The molecule has 0 saturated heterocycles. The quantitative estimate of drug-likeness (QED) is 0.418. The highest BCUT2D eigenvalue weighted by Crippen LogP contribution is 2.54. The van der Waals surface area contributed by atoms with Crippen LogP contribution in [0.25, 0.3) is 0 Å². The first-order valence-corrected chi connectivity index (χ1v) is 10.4. The van der Waals surface area contributed by atoms with Crippen LogP contribution in [0.2, 0.25) is 0 Å². The van der Waals surface area contributed by atoms with E-state index < -0.39 is 24.7 Å². The van der Waals surface area contributed by atoms with E-state index in [0.717, 1.165) is 32.1 Å². The number of hydrogen-bond acceptors (Lipinski definition) is 2. The van der Waals surface area contributed by atoms with Crippen LogP contribution in [0.15, 0.2) is 23.8 Å². The van der Waals surface area contributed by atoms with Crippen LogP contribution in [0.3, 0.4) is 0 Å². The van der Waals surface area contributed by atoms with Gasteiger partial charge in [0.2, 0.25) is 0 Å². The minimum Gasteiger partial charge on any atom is -0.508 e. The van der Waals surface area contributed by atoms with Gasteiger partial charge < -0.3 is 9.84 Å². The Bertz CT molecular complexity index is 883. The van der Waals surface area contributed by atoms with Crippen molar-refractivity contribution in [1.29, 1.82) is 0 Å². The standard InChI is InChI=1S/C25H38O2/c1-7-8-9-10-13-24(3,4)18-15-21(26)23-19-14-17(2)11-12-20(19)25(5,6)27-22(23)16-18/h11,15-16,19-20,26H,7-10,12-14H2,1-6H3/t19-,20-/m1/s1/i3D3,4D3. The molecule has 1 heterocycles. The van der Waals surface area contributed by atoms with Crippen molar-refractivity contribution in [3.8, 4) is 11.5 Å². The lowest BCUT2D eigenvalue weighted by atomic mass is 9.66. The molecule has 2 heteroatoms. The maximum atomic E-state index is 11.2. The number of aromatic hydroxyl groups is 1. The van der Waals surface area contributed by atoms with Gasteiger partial charge in [-0.1, -0.05) is 58.0 Å². The highest BCUT2D eigenvalue weighted by Gasteiger charge is 2.46. The number of rotatable bonds is 6. The van der Waals surface area contributed by atoms with Gasteiger partial charge in [0.25, 0.3) is 0 Å². The van der Waals surface area contributed by atoms with E-state index >= 15 is 0 Å². The third-order valence-electron chi connectivity index (χ3n) is 6.40. The fourth-order valence-electron chi connectivity index (χ4n) is 4.77. The topological polar surface area (TPSA) is 29.5 Å². The number of fused-ring (bicyclic) bond motifs is 3. The Morgan fingerprint density at radius 1 is 1.26 bits per heavy atom. The predicted octanol–water partition coefficient (Wildman–Crippen LogP) is 7.25. The number of benzene rings is 1. The maximum absolute atomic E-state index is 11.2. The van der Waals surface area contributed by atoms with Gasteiger partial charge in [0.05, 0.1) is 0 Å². The summed E-state index contributed by atoms with van der Waals surface area (Å²) in [5.41, 5.74) is -0.561. The van der Waals surface area contributed by atoms with Gasteiger partial charge in [-0.25, -0.2) is 0 Å². The lowest BCUT2D eigenvalue weighted by Crippen LogP contribution is -2.45. The largest absolute Gasteiger partial charge is 0.508 e. The molecule has 0 bridgehead atoms. The van der Waals surface area contributed by atoms with Crippen molar-refractivity contribution < 1.29 is 18.1 Å². The molecular weight excluding hydrogens is 332 g/mol. The van der Waals surface area contributed by atoms with Crippen LogP contribution < -0.4 is 4.74 Å². The highest BCUT2D eigenvalue weighted by molar-refractivity contribution is 5.54. The van der Waals surface area contributed by atoms with Gasteiger partial charge in [0.1, 0.15) is 17.1 Å². The number of phenolic OH excluding ortho intramolecular Hbond substituents is 1. The van der Waals surface area contributed by atoms with Gasteiger partial charge in [0, 0.05) is 25.6 Å². The average molecular weight is 377 g/mol. The first-order valence-electron chi connectivity index (χ1n) is 13.4. The Hall–Kier alpha value is -1.44. The van der Waals surface area contributed by atoms with Crippen LogP contribution in [0.4, 0.5) is 0 Å². The summed E-state index contributed by atoms with van der Waals surface area (Å²) < 4.78 is 56.2. The molecule has 2 nitrogen and oxygen atoms in total. The molecule has 150 valence electrons. The second kappa shape index (κ2) is 7.53. The average Bonchev–Trinajstić information content (AvgIpc) is 2.64. The van der Waals surface area contributed by atoms with E-state index in [1.165, 1.54) is 11.6 Å². The van der Waals surface area contributed by atoms with Crippen molar-refractivity contribution >= 4 is 0 Å². The summed E-state index contributed by atoms with van der Waals surface area (Å²) in [6.07, 6.45) is 6.98. The van der Waals surface area contributed by atoms with E-state index in [2.05, 4.69) is 19.9 Å². The van der Waals surface area contributed by atoms with Gasteiger partial charge in [-0.15, -0.1) is 0 Å². The summed E-state index contributed by atoms with van der Waals surface area (Å²) in [6.45, 7) is 2.60. The molecule has 0 saturated carbocycles. The zero-order valence-electron chi connectivity index (χ0n) is 23.2. The number of unbranched alkanes of at least 4 members (excludes halogenated alkanes) is 3. The molecule has 1 aromatic carbocycles. The predicted molar refractivity (Wildman–Crippen MR) is 114 cm³/mol. The lowest BCUT2D eigenvalue weighted by Gasteiger charge is -2.47. The fourth-order valence-corrected chi connectivity index (χ4v) is 4.77. The van der Waals surface area contributed by atoms with Gasteiger partial charge in [-0.2, -0.15) is 0 Å². The zero-order chi connectivity index (χ0) is 24.8. The third kappa shape index (κ3) is 4.05. The molecule has 27 heavy (non-hydrogen) atoms. The molecule has 1 aromatic rings. The van der Waals surface area contributed by atoms with Gasteiger partial charge in [-0.3, -0.25) is 0 Å². The van der Waals surface area contributed by atoms with Gasteiger partial charge in [0.15, 0.2) is 0 Å². The van der Waals surface area contributed by atoms with Crippen LogP contribution in [0.1, 0.15) is 112 Å². The minimum atomic E-state index is -2.78. The molecule has 3 rings (SSSR count). The number of hydrogen-bond donors (Lipinski definition) is 1. The van der Waals surface area contributed by atoms with Crippen LogP contribution in [-0.4, -0.2) is 10.7 Å². The molecule has 0 aromatic heterocycles. The molecule has 0 unspecified atom stereocenters. The zero-order valence-corrected chi connectivity index (χ0v) is 17.2. The van der Waals surface area contributed by atoms with E-state index in [9.17, 15) is 5.11 Å². The third-order valence-corrected chi connectivity index (χ3v) is 6.40. The van der Waals surface area contributed by atoms with Crippen molar-refractivity contribution in [2.24, 2.45) is 5.92 Å². The smallest absolute Gasteiger partial charge is 0.127 e. The summed E-state index contributed by atoms with van der Waals surface area (Å²) in [5.74, 6) is 0.572. The van der Waals surface area contributed by atoms with Crippen molar-refractivity contribution in [2.75, 3.05) is 0 Å². The molecule has 2 aliphatic rings. The summed E-state index contributed by atoms with van der Waals surface area (Å²) in [6, 6.07) is 2.99. The van der Waals surface area contributed by atoms with Crippen LogP contribution >= 0.6 is 0 Å². The number of ether oxygens (including phenoxy) is 1. The molecule has 0 radical (unpaired) electrons. The Kier molecular flexibility index (Phi) is 3.82. The molecule has 0 spiro atoms. The molecule has 0 fully saturated rings. The number of phenols is 1. The van der Waals surface area contributed by atoms with E-state index in [1.54, 1.807) is 6.07 Å². The molecular formula is C25H38O2. The van der Waals surface area contributed by atoms with Crippen molar-refractivity contribution in [3.05, 3.63) is 34.9 Å². The van der Waals surface area contributed by atoms with E-state index in [-0.39, 0.29) is 29.6 Å². The fraction of sp³-hybridized carbons (Fsp3) is 0.680. The van der Waals surface area contributed by atoms with Crippen LogP contribution in [-0.2, 0) is 5.41 Å². The molecule has 1 N–H and O–H groups in total. The second-order valence-corrected chi connectivity index (χ2v) is 9.03. The van der Waals surface area contributed by atoms with E-state index in [0.29, 0.717) is 17.7 Å².